The summed E-state index contributed by atoms with van der Waals surface area (Å²) in [7, 11) is 0. The van der Waals surface area contributed by atoms with Gasteiger partial charge in [-0.05, 0) is 81.6 Å². The number of fused-ring (bicyclic) bond motifs is 11. The van der Waals surface area contributed by atoms with Crippen molar-refractivity contribution in [3.8, 4) is 16.8 Å². The molecule has 0 spiro atoms. The average molecular weight is 516 g/mol. The second-order valence-corrected chi connectivity index (χ2v) is 12.5. The van der Waals surface area contributed by atoms with E-state index in [-0.39, 0.29) is 5.41 Å². The lowest BCUT2D eigenvalue weighted by Gasteiger charge is -2.22. The van der Waals surface area contributed by atoms with Crippen molar-refractivity contribution < 1.29 is 0 Å². The number of thiophene rings is 1. The fourth-order valence-electron chi connectivity index (χ4n) is 7.10. The molecule has 0 saturated carbocycles. The normalized spacial score (nSPS) is 14.1. The summed E-state index contributed by atoms with van der Waals surface area (Å²) < 4.78 is 5.16. The molecule has 2 heteroatoms. The monoisotopic (exact) mass is 515 g/mol. The Labute approximate surface area is 230 Å². The fraction of sp³-hybridized carbons (Fsp3) is 0.0811. The van der Waals surface area contributed by atoms with Crippen LogP contribution in [0.1, 0.15) is 25.0 Å². The number of hydrogen-bond acceptors (Lipinski definition) is 1. The van der Waals surface area contributed by atoms with Gasteiger partial charge in [-0.2, -0.15) is 0 Å². The lowest BCUT2D eigenvalue weighted by molar-refractivity contribution is 0.661. The van der Waals surface area contributed by atoms with Crippen molar-refractivity contribution in [1.29, 1.82) is 0 Å². The number of benzene rings is 6. The molecule has 1 aliphatic carbocycles. The van der Waals surface area contributed by atoms with Gasteiger partial charge in [0.05, 0.1) is 11.0 Å². The third kappa shape index (κ3) is 2.74. The van der Waals surface area contributed by atoms with Gasteiger partial charge in [0.25, 0.3) is 0 Å². The van der Waals surface area contributed by atoms with Crippen LogP contribution in [0, 0.1) is 0 Å². The van der Waals surface area contributed by atoms with Crippen molar-refractivity contribution in [2.45, 2.75) is 19.3 Å². The minimum Gasteiger partial charge on any atom is -0.309 e. The van der Waals surface area contributed by atoms with E-state index in [9.17, 15) is 0 Å². The maximum Gasteiger partial charge on any atom is 0.0547 e. The topological polar surface area (TPSA) is 4.93 Å². The molecule has 39 heavy (non-hydrogen) atoms. The molecule has 0 unspecified atom stereocenters. The van der Waals surface area contributed by atoms with E-state index in [2.05, 4.69) is 134 Å². The van der Waals surface area contributed by atoms with E-state index in [4.69, 9.17) is 0 Å². The van der Waals surface area contributed by atoms with Crippen LogP contribution in [-0.4, -0.2) is 4.57 Å². The molecular weight excluding hydrogens is 490 g/mol. The Morgan fingerprint density at radius 1 is 0.564 bits per heavy atom. The molecule has 0 atom stereocenters. The molecule has 9 rings (SSSR count). The Hall–Kier alpha value is -4.40. The first kappa shape index (κ1) is 21.5. The summed E-state index contributed by atoms with van der Waals surface area (Å²) in [5.74, 6) is 0. The Kier molecular flexibility index (Phi) is 4.07. The van der Waals surface area contributed by atoms with Crippen LogP contribution in [0.15, 0.2) is 115 Å². The highest BCUT2D eigenvalue weighted by Gasteiger charge is 2.37. The van der Waals surface area contributed by atoms with Crippen LogP contribution < -0.4 is 0 Å². The highest BCUT2D eigenvalue weighted by molar-refractivity contribution is 7.25. The van der Waals surface area contributed by atoms with Crippen LogP contribution in [-0.2, 0) is 5.41 Å². The minimum absolute atomic E-state index is 0.0550. The third-order valence-electron chi connectivity index (χ3n) is 8.96. The van der Waals surface area contributed by atoms with Crippen LogP contribution in [0.2, 0.25) is 0 Å². The highest BCUT2D eigenvalue weighted by Crippen LogP contribution is 2.54. The van der Waals surface area contributed by atoms with E-state index >= 15 is 0 Å². The number of aromatic nitrogens is 1. The van der Waals surface area contributed by atoms with Gasteiger partial charge in [-0.1, -0.05) is 80.6 Å². The summed E-state index contributed by atoms with van der Waals surface area (Å²) in [6.07, 6.45) is 0. The standard InChI is InChI=1S/C37H25NS/c1-37(2)29-16-17-32-36(35(29)28-19-22-9-3-4-10-23(22)20-30(28)37)26-12-5-7-13-31(26)38(32)24-15-18-34-27(21-24)25-11-6-8-14-33(25)39-34/h3-21H,1-2H3. The quantitative estimate of drug-likeness (QED) is 0.205. The Morgan fingerprint density at radius 3 is 2.15 bits per heavy atom. The summed E-state index contributed by atoms with van der Waals surface area (Å²) in [6.45, 7) is 4.76. The lowest BCUT2D eigenvalue weighted by Crippen LogP contribution is -2.14. The molecule has 184 valence electrons. The van der Waals surface area contributed by atoms with Crippen LogP contribution in [0.25, 0.3) is 69.6 Å². The third-order valence-corrected chi connectivity index (χ3v) is 10.1. The first-order valence-electron chi connectivity index (χ1n) is 13.6. The number of hydrogen-bond donors (Lipinski definition) is 0. The molecule has 0 fully saturated rings. The second kappa shape index (κ2) is 7.37. The van der Waals surface area contributed by atoms with E-state index in [0.29, 0.717) is 0 Å². The van der Waals surface area contributed by atoms with Gasteiger partial charge in [-0.3, -0.25) is 0 Å². The molecule has 0 N–H and O–H groups in total. The second-order valence-electron chi connectivity index (χ2n) is 11.4. The van der Waals surface area contributed by atoms with E-state index in [1.165, 1.54) is 80.7 Å². The van der Waals surface area contributed by atoms with E-state index in [1.807, 2.05) is 11.3 Å². The summed E-state index contributed by atoms with van der Waals surface area (Å²) in [4.78, 5) is 0. The molecule has 0 amide bonds. The summed E-state index contributed by atoms with van der Waals surface area (Å²) in [6, 6.07) is 43.0. The van der Waals surface area contributed by atoms with E-state index in [0.717, 1.165) is 0 Å². The largest absolute Gasteiger partial charge is 0.309 e. The molecule has 2 aromatic heterocycles. The number of rotatable bonds is 1. The Morgan fingerprint density at radius 2 is 1.28 bits per heavy atom. The SMILES string of the molecule is CC1(C)c2cc3ccccc3cc2-c2c1ccc1c2c2ccccc2n1-c1ccc2sc3ccccc3c2c1. The van der Waals surface area contributed by atoms with E-state index in [1.54, 1.807) is 0 Å². The smallest absolute Gasteiger partial charge is 0.0547 e. The summed E-state index contributed by atoms with van der Waals surface area (Å²) >= 11 is 1.87. The van der Waals surface area contributed by atoms with Gasteiger partial charge in [0, 0.05) is 42.0 Å². The Balaban J connectivity index is 1.41. The molecule has 0 radical (unpaired) electrons. The van der Waals surface area contributed by atoms with Gasteiger partial charge < -0.3 is 4.57 Å². The zero-order valence-electron chi connectivity index (χ0n) is 21.8. The molecule has 1 nitrogen and oxygen atoms in total. The average Bonchev–Trinajstić information content (AvgIpc) is 3.57. The minimum atomic E-state index is -0.0550. The first-order chi connectivity index (χ1) is 19.1. The fourth-order valence-corrected chi connectivity index (χ4v) is 8.19. The first-order valence-corrected chi connectivity index (χ1v) is 14.4. The van der Waals surface area contributed by atoms with Gasteiger partial charge in [-0.25, -0.2) is 0 Å². The molecule has 0 bridgehead atoms. The van der Waals surface area contributed by atoms with Crippen molar-refractivity contribution in [2.24, 2.45) is 0 Å². The Bertz CT molecular complexity index is 2310. The van der Waals surface area contributed by atoms with Crippen molar-refractivity contribution in [3.05, 3.63) is 126 Å². The maximum atomic E-state index is 2.48. The van der Waals surface area contributed by atoms with Crippen LogP contribution in [0.3, 0.4) is 0 Å². The zero-order chi connectivity index (χ0) is 25.9. The van der Waals surface area contributed by atoms with Crippen LogP contribution in [0.5, 0.6) is 0 Å². The van der Waals surface area contributed by atoms with Gasteiger partial charge >= 0.3 is 0 Å². The zero-order valence-corrected chi connectivity index (χ0v) is 22.6. The van der Waals surface area contributed by atoms with Crippen LogP contribution in [0.4, 0.5) is 0 Å². The summed E-state index contributed by atoms with van der Waals surface area (Å²) in [5, 5.41) is 7.96. The molecule has 0 saturated heterocycles. The number of nitrogens with zero attached hydrogens (tertiary/aromatic N) is 1. The maximum absolute atomic E-state index is 2.48. The predicted octanol–water partition coefficient (Wildman–Crippen LogP) is 10.6. The van der Waals surface area contributed by atoms with Crippen molar-refractivity contribution in [2.75, 3.05) is 0 Å². The molecule has 2 heterocycles. The van der Waals surface area contributed by atoms with Gasteiger partial charge in [0.1, 0.15) is 0 Å². The number of para-hydroxylation sites is 1. The highest BCUT2D eigenvalue weighted by atomic mass is 32.1. The molecule has 0 aliphatic heterocycles. The van der Waals surface area contributed by atoms with Gasteiger partial charge in [0.2, 0.25) is 0 Å². The summed E-state index contributed by atoms with van der Waals surface area (Å²) in [5.41, 5.74) is 9.30. The van der Waals surface area contributed by atoms with Crippen molar-refractivity contribution in [3.63, 3.8) is 0 Å². The van der Waals surface area contributed by atoms with E-state index < -0.39 is 0 Å². The molecule has 8 aromatic rings. The van der Waals surface area contributed by atoms with Crippen molar-refractivity contribution >= 4 is 64.1 Å². The van der Waals surface area contributed by atoms with Gasteiger partial charge in [0.15, 0.2) is 0 Å². The predicted molar refractivity (Wildman–Crippen MR) is 169 cm³/mol. The molecule has 1 aliphatic rings. The van der Waals surface area contributed by atoms with Gasteiger partial charge in [-0.15, -0.1) is 11.3 Å². The molecular formula is C37H25NS. The van der Waals surface area contributed by atoms with Crippen molar-refractivity contribution in [1.82, 2.24) is 4.57 Å². The molecule has 6 aromatic carbocycles. The lowest BCUT2D eigenvalue weighted by atomic mass is 9.81. The van der Waals surface area contributed by atoms with Crippen LogP contribution >= 0.6 is 11.3 Å².